The number of carbonyl (C=O) groups is 1. The molecule has 10 heteroatoms. The quantitative estimate of drug-likeness (QED) is 0.298. The first-order valence-corrected chi connectivity index (χ1v) is 13.0. The van der Waals surface area contributed by atoms with Crippen molar-refractivity contribution < 1.29 is 17.6 Å². The van der Waals surface area contributed by atoms with Gasteiger partial charge in [0.25, 0.3) is 0 Å². The first-order valence-electron chi connectivity index (χ1n) is 11.2. The minimum atomic E-state index is -4.04. The van der Waals surface area contributed by atoms with Crippen LogP contribution in [-0.2, 0) is 21.4 Å². The van der Waals surface area contributed by atoms with Gasteiger partial charge in [-0.2, -0.15) is 4.31 Å². The number of hydrogen-bond donors (Lipinski definition) is 2. The Bertz CT molecular complexity index is 1450. The first-order chi connectivity index (χ1) is 17.3. The number of halogens is 2. The Morgan fingerprint density at radius 3 is 2.47 bits per heavy atom. The maximum atomic E-state index is 13.3. The molecule has 4 aromatic rings. The Morgan fingerprint density at radius 2 is 1.72 bits per heavy atom. The van der Waals surface area contributed by atoms with Crippen LogP contribution in [0, 0.1) is 5.82 Å². The van der Waals surface area contributed by atoms with Crippen molar-refractivity contribution in [3.63, 3.8) is 0 Å². The second-order valence-electron chi connectivity index (χ2n) is 8.01. The Balaban J connectivity index is 1.40. The van der Waals surface area contributed by atoms with Crippen molar-refractivity contribution in [2.45, 2.75) is 11.4 Å². The van der Waals surface area contributed by atoms with E-state index in [4.69, 9.17) is 11.6 Å². The SMILES string of the molecule is O=C(CN(Cc1ccccc1)S(=O)(=O)c1ccc(F)cc1)NCCNc1ccnc2cc(Cl)ccc12. The van der Waals surface area contributed by atoms with E-state index in [9.17, 15) is 17.6 Å². The highest BCUT2D eigenvalue weighted by molar-refractivity contribution is 7.89. The van der Waals surface area contributed by atoms with E-state index < -0.39 is 21.7 Å². The predicted molar refractivity (Wildman–Crippen MR) is 139 cm³/mol. The summed E-state index contributed by atoms with van der Waals surface area (Å²) < 4.78 is 40.9. The lowest BCUT2D eigenvalue weighted by Gasteiger charge is -2.22. The number of sulfonamides is 1. The van der Waals surface area contributed by atoms with Gasteiger partial charge in [-0.25, -0.2) is 12.8 Å². The van der Waals surface area contributed by atoms with Gasteiger partial charge in [-0.15, -0.1) is 0 Å². The average molecular weight is 527 g/mol. The zero-order valence-corrected chi connectivity index (χ0v) is 20.8. The Labute approximate surface area is 214 Å². The minimum absolute atomic E-state index is 0.00220. The van der Waals surface area contributed by atoms with Crippen LogP contribution in [-0.4, -0.2) is 43.2 Å². The minimum Gasteiger partial charge on any atom is -0.383 e. The van der Waals surface area contributed by atoms with Crippen molar-refractivity contribution in [2.75, 3.05) is 25.0 Å². The van der Waals surface area contributed by atoms with Gasteiger partial charge in [0.05, 0.1) is 17.0 Å². The second-order valence-corrected chi connectivity index (χ2v) is 10.4. The fourth-order valence-electron chi connectivity index (χ4n) is 3.66. The molecule has 0 aliphatic rings. The van der Waals surface area contributed by atoms with E-state index in [1.807, 2.05) is 18.2 Å². The molecule has 1 aromatic heterocycles. The molecule has 0 spiro atoms. The molecule has 36 heavy (non-hydrogen) atoms. The number of pyridine rings is 1. The average Bonchev–Trinajstić information content (AvgIpc) is 2.87. The van der Waals surface area contributed by atoms with E-state index in [1.165, 1.54) is 12.1 Å². The third-order valence-electron chi connectivity index (χ3n) is 5.44. The summed E-state index contributed by atoms with van der Waals surface area (Å²) in [6, 6.07) is 20.8. The van der Waals surface area contributed by atoms with Crippen LogP contribution in [0.2, 0.25) is 5.02 Å². The molecular weight excluding hydrogens is 503 g/mol. The molecule has 186 valence electrons. The van der Waals surface area contributed by atoms with Crippen molar-refractivity contribution in [3.8, 4) is 0 Å². The Hall–Kier alpha value is -3.53. The number of carbonyl (C=O) groups excluding carboxylic acids is 1. The molecule has 0 aliphatic heterocycles. The third-order valence-corrected chi connectivity index (χ3v) is 7.48. The molecule has 1 heterocycles. The number of nitrogens with one attached hydrogen (secondary N) is 2. The standard InChI is InChI=1S/C26H24ClFN4O3S/c27-20-6-11-23-24(12-13-29-25(23)16-20)30-14-15-31-26(33)18-32(17-19-4-2-1-3-5-19)36(34,35)22-9-7-21(28)8-10-22/h1-13,16H,14-15,17-18H2,(H,29,30)(H,31,33). The Morgan fingerprint density at radius 1 is 0.972 bits per heavy atom. The molecule has 0 aliphatic carbocycles. The van der Waals surface area contributed by atoms with E-state index in [2.05, 4.69) is 15.6 Å². The van der Waals surface area contributed by atoms with Crippen molar-refractivity contribution >= 4 is 44.1 Å². The highest BCUT2D eigenvalue weighted by Gasteiger charge is 2.27. The summed E-state index contributed by atoms with van der Waals surface area (Å²) in [4.78, 5) is 16.9. The molecule has 0 fully saturated rings. The van der Waals surface area contributed by atoms with Crippen LogP contribution >= 0.6 is 11.6 Å². The molecule has 2 N–H and O–H groups in total. The van der Waals surface area contributed by atoms with Crippen LogP contribution in [0.1, 0.15) is 5.56 Å². The molecule has 3 aromatic carbocycles. The van der Waals surface area contributed by atoms with Gasteiger partial charge in [0.2, 0.25) is 15.9 Å². The zero-order chi connectivity index (χ0) is 25.5. The van der Waals surface area contributed by atoms with E-state index in [0.717, 1.165) is 38.6 Å². The van der Waals surface area contributed by atoms with Crippen LogP contribution in [0.4, 0.5) is 10.1 Å². The summed E-state index contributed by atoms with van der Waals surface area (Å²) in [7, 11) is -4.04. The number of benzene rings is 3. The van der Waals surface area contributed by atoms with Gasteiger partial charge in [-0.1, -0.05) is 41.9 Å². The summed E-state index contributed by atoms with van der Waals surface area (Å²) in [6.07, 6.45) is 1.67. The topological polar surface area (TPSA) is 91.4 Å². The van der Waals surface area contributed by atoms with Crippen LogP contribution in [0.25, 0.3) is 10.9 Å². The van der Waals surface area contributed by atoms with E-state index in [1.54, 1.807) is 42.6 Å². The van der Waals surface area contributed by atoms with Crippen molar-refractivity contribution in [3.05, 3.63) is 101 Å². The van der Waals surface area contributed by atoms with Gasteiger partial charge >= 0.3 is 0 Å². The third kappa shape index (κ3) is 6.37. The molecule has 0 atom stereocenters. The highest BCUT2D eigenvalue weighted by Crippen LogP contribution is 2.24. The highest BCUT2D eigenvalue weighted by atomic mass is 35.5. The van der Waals surface area contributed by atoms with E-state index >= 15 is 0 Å². The van der Waals surface area contributed by atoms with Gasteiger partial charge in [-0.05, 0) is 54.1 Å². The zero-order valence-electron chi connectivity index (χ0n) is 19.2. The predicted octanol–water partition coefficient (Wildman–Crippen LogP) is 4.45. The van der Waals surface area contributed by atoms with Crippen molar-refractivity contribution in [2.24, 2.45) is 0 Å². The lowest BCUT2D eigenvalue weighted by atomic mass is 10.2. The van der Waals surface area contributed by atoms with E-state index in [0.29, 0.717) is 11.6 Å². The Kier molecular flexibility index (Phi) is 8.14. The first kappa shape index (κ1) is 25.6. The van der Waals surface area contributed by atoms with Crippen molar-refractivity contribution in [1.29, 1.82) is 0 Å². The molecule has 7 nitrogen and oxygen atoms in total. The number of amides is 1. The number of nitrogens with zero attached hydrogens (tertiary/aromatic N) is 2. The summed E-state index contributed by atoms with van der Waals surface area (Å²) in [5.74, 6) is -0.997. The number of anilines is 1. The van der Waals surface area contributed by atoms with Crippen LogP contribution in [0.5, 0.6) is 0 Å². The second kappa shape index (κ2) is 11.5. The molecule has 1 amide bonds. The van der Waals surface area contributed by atoms with Gasteiger partial charge in [0, 0.05) is 41.9 Å². The number of hydrogen-bond acceptors (Lipinski definition) is 5. The lowest BCUT2D eigenvalue weighted by Crippen LogP contribution is -2.41. The number of fused-ring (bicyclic) bond motifs is 1. The van der Waals surface area contributed by atoms with Crippen LogP contribution in [0.15, 0.2) is 90.0 Å². The smallest absolute Gasteiger partial charge is 0.243 e. The summed E-state index contributed by atoms with van der Waals surface area (Å²) in [5.41, 5.74) is 2.32. The van der Waals surface area contributed by atoms with Gasteiger partial charge in [0.15, 0.2) is 0 Å². The molecule has 4 rings (SSSR count). The molecule has 0 saturated heterocycles. The fraction of sp³-hybridized carbons (Fsp3) is 0.154. The normalized spacial score (nSPS) is 11.5. The van der Waals surface area contributed by atoms with Gasteiger partial charge in [-0.3, -0.25) is 9.78 Å². The lowest BCUT2D eigenvalue weighted by molar-refractivity contribution is -0.121. The van der Waals surface area contributed by atoms with Gasteiger partial charge in [0.1, 0.15) is 5.82 Å². The van der Waals surface area contributed by atoms with E-state index in [-0.39, 0.29) is 24.5 Å². The molecule has 0 bridgehead atoms. The monoisotopic (exact) mass is 526 g/mol. The summed E-state index contributed by atoms with van der Waals surface area (Å²) in [6.45, 7) is 0.298. The fourth-order valence-corrected chi connectivity index (χ4v) is 5.21. The molecule has 0 unspecified atom stereocenters. The molecule has 0 radical (unpaired) electrons. The largest absolute Gasteiger partial charge is 0.383 e. The molecular formula is C26H24ClFN4O3S. The maximum absolute atomic E-state index is 13.3. The van der Waals surface area contributed by atoms with Crippen molar-refractivity contribution in [1.82, 2.24) is 14.6 Å². The number of aromatic nitrogens is 1. The number of rotatable bonds is 10. The summed E-state index contributed by atoms with van der Waals surface area (Å²) >= 11 is 6.03. The van der Waals surface area contributed by atoms with Crippen LogP contribution < -0.4 is 10.6 Å². The maximum Gasteiger partial charge on any atom is 0.243 e. The summed E-state index contributed by atoms with van der Waals surface area (Å²) in [5, 5.41) is 7.50. The van der Waals surface area contributed by atoms with Gasteiger partial charge < -0.3 is 10.6 Å². The van der Waals surface area contributed by atoms with Crippen LogP contribution in [0.3, 0.4) is 0 Å². The molecule has 0 saturated carbocycles.